The molecular formula is C24H25ClN2O5. The van der Waals surface area contributed by atoms with Crippen LogP contribution in [0.4, 0.5) is 0 Å². The number of para-hydroxylation sites is 1. The summed E-state index contributed by atoms with van der Waals surface area (Å²) < 4.78 is 16.6. The van der Waals surface area contributed by atoms with Crippen molar-refractivity contribution in [2.45, 2.75) is 6.92 Å². The lowest BCUT2D eigenvalue weighted by Gasteiger charge is -2.34. The first kappa shape index (κ1) is 22.2. The SMILES string of the molecule is Cc1cc(=O)oc2cc(OCC(=O)N3CCN(CCOc4ccccc4)CC3)c(Cl)cc12. The van der Waals surface area contributed by atoms with Crippen LogP contribution in [-0.2, 0) is 4.79 Å². The zero-order chi connectivity index (χ0) is 22.5. The molecular weight excluding hydrogens is 432 g/mol. The molecule has 1 aliphatic rings. The van der Waals surface area contributed by atoms with Gasteiger partial charge in [-0.1, -0.05) is 29.8 Å². The molecule has 7 nitrogen and oxygen atoms in total. The summed E-state index contributed by atoms with van der Waals surface area (Å²) in [4.78, 5) is 28.3. The second kappa shape index (κ2) is 10.1. The number of ether oxygens (including phenoxy) is 2. The molecule has 4 rings (SSSR count). The number of rotatable bonds is 7. The van der Waals surface area contributed by atoms with Crippen molar-refractivity contribution in [2.75, 3.05) is 45.9 Å². The first-order valence-electron chi connectivity index (χ1n) is 10.5. The van der Waals surface area contributed by atoms with Crippen molar-refractivity contribution in [1.82, 2.24) is 9.80 Å². The maximum absolute atomic E-state index is 12.6. The Hall–Kier alpha value is -3.03. The van der Waals surface area contributed by atoms with Crippen molar-refractivity contribution in [3.05, 3.63) is 69.5 Å². The van der Waals surface area contributed by atoms with Gasteiger partial charge in [0.2, 0.25) is 0 Å². The molecule has 1 aromatic heterocycles. The Morgan fingerprint density at radius 2 is 1.81 bits per heavy atom. The zero-order valence-corrected chi connectivity index (χ0v) is 18.6. The van der Waals surface area contributed by atoms with Gasteiger partial charge in [-0.15, -0.1) is 0 Å². The van der Waals surface area contributed by atoms with Gasteiger partial charge in [-0.25, -0.2) is 4.79 Å². The lowest BCUT2D eigenvalue weighted by molar-refractivity contribution is -0.135. The minimum atomic E-state index is -0.439. The number of hydrogen-bond acceptors (Lipinski definition) is 6. The maximum atomic E-state index is 12.6. The predicted octanol–water partition coefficient (Wildman–Crippen LogP) is 3.36. The normalized spacial score (nSPS) is 14.5. The van der Waals surface area contributed by atoms with Gasteiger partial charge in [-0.2, -0.15) is 0 Å². The second-order valence-electron chi connectivity index (χ2n) is 7.70. The van der Waals surface area contributed by atoms with Crippen molar-refractivity contribution in [1.29, 1.82) is 0 Å². The van der Waals surface area contributed by atoms with E-state index in [9.17, 15) is 9.59 Å². The van der Waals surface area contributed by atoms with Crippen LogP contribution in [0, 0.1) is 6.92 Å². The Labute approximate surface area is 191 Å². The molecule has 8 heteroatoms. The lowest BCUT2D eigenvalue weighted by atomic mass is 10.1. The molecule has 2 aromatic carbocycles. The molecule has 1 fully saturated rings. The third-order valence-corrected chi connectivity index (χ3v) is 5.79. The number of hydrogen-bond donors (Lipinski definition) is 0. The highest BCUT2D eigenvalue weighted by Crippen LogP contribution is 2.31. The molecule has 2 heterocycles. The fourth-order valence-electron chi connectivity index (χ4n) is 3.69. The largest absolute Gasteiger partial charge is 0.492 e. The first-order valence-corrected chi connectivity index (χ1v) is 10.9. The molecule has 1 saturated heterocycles. The zero-order valence-electron chi connectivity index (χ0n) is 17.9. The van der Waals surface area contributed by atoms with Crippen molar-refractivity contribution in [2.24, 2.45) is 0 Å². The summed E-state index contributed by atoms with van der Waals surface area (Å²) in [5, 5.41) is 1.10. The lowest BCUT2D eigenvalue weighted by Crippen LogP contribution is -2.50. The Kier molecular flexibility index (Phi) is 6.97. The first-order chi connectivity index (χ1) is 15.5. The fourth-order valence-corrected chi connectivity index (χ4v) is 3.91. The molecule has 3 aromatic rings. The van der Waals surface area contributed by atoms with Gasteiger partial charge in [0.15, 0.2) is 6.61 Å². The number of halogens is 1. The third kappa shape index (κ3) is 5.41. The van der Waals surface area contributed by atoms with Crippen molar-refractivity contribution in [3.63, 3.8) is 0 Å². The second-order valence-corrected chi connectivity index (χ2v) is 8.11. The predicted molar refractivity (Wildman–Crippen MR) is 123 cm³/mol. The molecule has 168 valence electrons. The highest BCUT2D eigenvalue weighted by atomic mass is 35.5. The Bertz CT molecular complexity index is 1140. The monoisotopic (exact) mass is 456 g/mol. The van der Waals surface area contributed by atoms with Gasteiger partial charge in [-0.3, -0.25) is 9.69 Å². The van der Waals surface area contributed by atoms with E-state index in [0.29, 0.717) is 36.1 Å². The van der Waals surface area contributed by atoms with Crippen LogP contribution in [-0.4, -0.2) is 61.6 Å². The number of aryl methyl sites for hydroxylation is 1. The minimum Gasteiger partial charge on any atom is -0.492 e. The van der Waals surface area contributed by atoms with Gasteiger partial charge in [0.05, 0.1) is 5.02 Å². The summed E-state index contributed by atoms with van der Waals surface area (Å²) in [6.45, 7) is 5.93. The van der Waals surface area contributed by atoms with Crippen LogP contribution in [0.1, 0.15) is 5.56 Å². The van der Waals surface area contributed by atoms with Gasteiger partial charge in [0, 0.05) is 50.2 Å². The summed E-state index contributed by atoms with van der Waals surface area (Å²) >= 11 is 6.31. The Morgan fingerprint density at radius 3 is 2.56 bits per heavy atom. The van der Waals surface area contributed by atoms with Crippen LogP contribution >= 0.6 is 11.6 Å². The highest BCUT2D eigenvalue weighted by molar-refractivity contribution is 6.32. The number of piperazine rings is 1. The standard InChI is InChI=1S/C24H25ClN2O5/c1-17-13-24(29)32-21-15-22(20(25)14-19(17)21)31-16-23(28)27-9-7-26(8-10-27)11-12-30-18-5-3-2-4-6-18/h2-6,13-15H,7-12,16H2,1H3. The van der Waals surface area contributed by atoms with Gasteiger partial charge >= 0.3 is 5.63 Å². The summed E-state index contributed by atoms with van der Waals surface area (Å²) in [6.07, 6.45) is 0. The number of amides is 1. The van der Waals surface area contributed by atoms with E-state index in [1.54, 1.807) is 17.0 Å². The van der Waals surface area contributed by atoms with E-state index >= 15 is 0 Å². The topological polar surface area (TPSA) is 72.2 Å². The van der Waals surface area contributed by atoms with Crippen molar-refractivity contribution in [3.8, 4) is 11.5 Å². The van der Waals surface area contributed by atoms with Gasteiger partial charge < -0.3 is 18.8 Å². The molecule has 0 aliphatic carbocycles. The number of carbonyl (C=O) groups is 1. The molecule has 0 spiro atoms. The quantitative estimate of drug-likeness (QED) is 0.508. The summed E-state index contributed by atoms with van der Waals surface area (Å²) in [7, 11) is 0. The van der Waals surface area contributed by atoms with Crippen LogP contribution < -0.4 is 15.1 Å². The van der Waals surface area contributed by atoms with Gasteiger partial charge in [0.1, 0.15) is 23.7 Å². The van der Waals surface area contributed by atoms with E-state index in [0.717, 1.165) is 36.3 Å². The summed E-state index contributed by atoms with van der Waals surface area (Å²) in [5.74, 6) is 1.07. The maximum Gasteiger partial charge on any atom is 0.336 e. The van der Waals surface area contributed by atoms with E-state index in [1.165, 1.54) is 6.07 Å². The highest BCUT2D eigenvalue weighted by Gasteiger charge is 2.22. The molecule has 0 N–H and O–H groups in total. The number of benzene rings is 2. The van der Waals surface area contributed by atoms with Crippen LogP contribution in [0.2, 0.25) is 5.02 Å². The van der Waals surface area contributed by atoms with Gasteiger partial charge in [-0.05, 0) is 30.7 Å². The van der Waals surface area contributed by atoms with Crippen LogP contribution in [0.3, 0.4) is 0 Å². The summed E-state index contributed by atoms with van der Waals surface area (Å²) in [6, 6.07) is 14.4. The molecule has 0 saturated carbocycles. The van der Waals surface area contributed by atoms with E-state index in [-0.39, 0.29) is 12.5 Å². The van der Waals surface area contributed by atoms with Crippen LogP contribution in [0.5, 0.6) is 11.5 Å². The van der Waals surface area contributed by atoms with Crippen molar-refractivity contribution < 1.29 is 18.7 Å². The third-order valence-electron chi connectivity index (χ3n) is 5.50. The molecule has 0 bridgehead atoms. The Morgan fingerprint density at radius 1 is 1.06 bits per heavy atom. The molecule has 1 aliphatic heterocycles. The minimum absolute atomic E-state index is 0.105. The van der Waals surface area contributed by atoms with E-state index in [4.69, 9.17) is 25.5 Å². The van der Waals surface area contributed by atoms with E-state index in [1.807, 2.05) is 37.3 Å². The average Bonchev–Trinajstić information content (AvgIpc) is 2.79. The molecule has 1 amide bonds. The average molecular weight is 457 g/mol. The van der Waals surface area contributed by atoms with E-state index < -0.39 is 5.63 Å². The van der Waals surface area contributed by atoms with Gasteiger partial charge in [0.25, 0.3) is 5.91 Å². The fraction of sp³-hybridized carbons (Fsp3) is 0.333. The number of fused-ring (bicyclic) bond motifs is 1. The van der Waals surface area contributed by atoms with Crippen molar-refractivity contribution >= 4 is 28.5 Å². The van der Waals surface area contributed by atoms with Crippen LogP contribution in [0.25, 0.3) is 11.0 Å². The van der Waals surface area contributed by atoms with E-state index in [2.05, 4.69) is 4.90 Å². The number of nitrogens with zero attached hydrogens (tertiary/aromatic N) is 2. The Balaban J connectivity index is 1.25. The molecule has 0 radical (unpaired) electrons. The number of carbonyl (C=O) groups excluding carboxylic acids is 1. The van der Waals surface area contributed by atoms with Crippen LogP contribution in [0.15, 0.2) is 57.7 Å². The molecule has 0 atom stereocenters. The molecule has 0 unspecified atom stereocenters. The summed E-state index contributed by atoms with van der Waals surface area (Å²) in [5.41, 5.74) is 0.715. The smallest absolute Gasteiger partial charge is 0.336 e. The molecule has 32 heavy (non-hydrogen) atoms.